The van der Waals surface area contributed by atoms with Crippen molar-refractivity contribution < 1.29 is 15.1 Å². The van der Waals surface area contributed by atoms with E-state index in [0.29, 0.717) is 30.6 Å². The first-order chi connectivity index (χ1) is 29.8. The number of aliphatic hydroxyl groups excluding tert-OH is 1. The third-order valence-corrected chi connectivity index (χ3v) is 10.1. The van der Waals surface area contributed by atoms with Crippen LogP contribution in [0.3, 0.4) is 0 Å². The minimum Gasteiger partial charge on any atom is -0.425 e. The highest BCUT2D eigenvalue weighted by atomic mass is 16.5. The Hall–Kier alpha value is -4.31. The third-order valence-electron chi connectivity index (χ3n) is 10.1. The highest BCUT2D eigenvalue weighted by molar-refractivity contribution is 5.89. The Morgan fingerprint density at radius 2 is 1.47 bits per heavy atom. The van der Waals surface area contributed by atoms with Crippen molar-refractivity contribution in [3.05, 3.63) is 141 Å². The highest BCUT2D eigenvalue weighted by Crippen LogP contribution is 2.13. The zero-order valence-corrected chi connectivity index (χ0v) is 41.3. The topological polar surface area (TPSA) is 119 Å². The van der Waals surface area contributed by atoms with E-state index in [2.05, 4.69) is 107 Å². The standard InChI is InChI=1S/C17H30N2O2.C15H25N.C10H16O.C7H9NO.C3H6.CH4O/c1-4-6-7-12-18(13-11-15(3)5-2)14-16-9-8-10-17(20)19(16)21;1-4-12-16(6-3)15(5-2)13-14-10-8-7-9-11-14;1-4-9(3)7-6-8-10(11)5-2;1-2-6-4-3-5-7(9)8-6;1-3-2;1-2/h8-10,15,21H,4-7,11-14H2,1-3H3;7-11,15H,4-6,12-13H2,1-3H3;6-8H,4-5H2,1-3H3;3-5H,2H2,1H3,(H,8,9);3H,1H2,2H3;2H,1H3/b;;8-6-,9-7+;;;. The molecule has 0 fully saturated rings. The summed E-state index contributed by atoms with van der Waals surface area (Å²) in [5, 5.41) is 16.8. The molecule has 0 aliphatic carbocycles. The molecule has 0 bridgehead atoms. The molecule has 1 aromatic carbocycles. The molecule has 352 valence electrons. The van der Waals surface area contributed by atoms with Gasteiger partial charge in [0.1, 0.15) is 0 Å². The van der Waals surface area contributed by atoms with Crippen molar-refractivity contribution in [1.29, 1.82) is 0 Å². The van der Waals surface area contributed by atoms with Crippen LogP contribution < -0.4 is 11.1 Å². The Kier molecular flexibility index (Phi) is 43.3. The summed E-state index contributed by atoms with van der Waals surface area (Å²) in [6.07, 6.45) is 19.3. The largest absolute Gasteiger partial charge is 0.425 e. The van der Waals surface area contributed by atoms with Gasteiger partial charge in [0.05, 0.1) is 5.69 Å². The molecular formula is C53H90N4O5. The van der Waals surface area contributed by atoms with E-state index in [1.807, 2.05) is 45.1 Å². The maximum absolute atomic E-state index is 11.5. The van der Waals surface area contributed by atoms with Crippen molar-refractivity contribution in [1.82, 2.24) is 19.5 Å². The van der Waals surface area contributed by atoms with Crippen LogP contribution in [0.1, 0.15) is 151 Å². The second-order valence-electron chi connectivity index (χ2n) is 15.2. The van der Waals surface area contributed by atoms with Crippen LogP contribution in [0.25, 0.3) is 0 Å². The van der Waals surface area contributed by atoms with Crippen molar-refractivity contribution in [2.24, 2.45) is 5.92 Å². The van der Waals surface area contributed by atoms with Crippen LogP contribution in [0.4, 0.5) is 0 Å². The summed E-state index contributed by atoms with van der Waals surface area (Å²) in [5.74, 6) is 0.899. The van der Waals surface area contributed by atoms with Gasteiger partial charge in [-0.1, -0.05) is 148 Å². The van der Waals surface area contributed by atoms with E-state index in [9.17, 15) is 19.6 Å². The fourth-order valence-corrected chi connectivity index (χ4v) is 5.89. The Bertz CT molecular complexity index is 1660. The molecule has 0 radical (unpaired) electrons. The van der Waals surface area contributed by atoms with Gasteiger partial charge in [-0.05, 0) is 115 Å². The number of aromatic nitrogens is 2. The predicted molar refractivity (Wildman–Crippen MR) is 267 cm³/mol. The van der Waals surface area contributed by atoms with E-state index in [1.54, 1.807) is 24.3 Å². The molecule has 0 aliphatic heterocycles. The molecule has 0 aliphatic rings. The van der Waals surface area contributed by atoms with Crippen LogP contribution in [0.2, 0.25) is 0 Å². The molecule has 0 spiro atoms. The van der Waals surface area contributed by atoms with Crippen LogP contribution in [-0.4, -0.2) is 74.9 Å². The van der Waals surface area contributed by atoms with Gasteiger partial charge in [-0.15, -0.1) is 6.58 Å². The van der Waals surface area contributed by atoms with Crippen molar-refractivity contribution >= 4 is 5.78 Å². The van der Waals surface area contributed by atoms with Gasteiger partial charge in [0.25, 0.3) is 5.56 Å². The monoisotopic (exact) mass is 863 g/mol. The van der Waals surface area contributed by atoms with Crippen LogP contribution in [0, 0.1) is 5.92 Å². The van der Waals surface area contributed by atoms with Crippen molar-refractivity contribution in [3.63, 3.8) is 0 Å². The Morgan fingerprint density at radius 3 is 1.97 bits per heavy atom. The lowest BCUT2D eigenvalue weighted by atomic mass is 10.0. The number of likely N-dealkylation sites (N-methyl/N-ethyl adjacent to an activating group) is 1. The summed E-state index contributed by atoms with van der Waals surface area (Å²) < 4.78 is 0.774. The number of aromatic amines is 1. The average Bonchev–Trinajstić information content (AvgIpc) is 3.29. The number of allylic oxidation sites excluding steroid dienone is 5. The number of aliphatic hydroxyl groups is 1. The van der Waals surface area contributed by atoms with Gasteiger partial charge in [-0.3, -0.25) is 19.3 Å². The Labute approximate surface area is 378 Å². The van der Waals surface area contributed by atoms with Gasteiger partial charge < -0.3 is 20.2 Å². The molecular weight excluding hydrogens is 773 g/mol. The normalized spacial score (nSPS) is 11.6. The summed E-state index contributed by atoms with van der Waals surface area (Å²) in [4.78, 5) is 40.5. The van der Waals surface area contributed by atoms with Crippen molar-refractivity contribution in [2.45, 2.75) is 159 Å². The molecule has 0 amide bonds. The molecule has 62 heavy (non-hydrogen) atoms. The Morgan fingerprint density at radius 1 is 0.823 bits per heavy atom. The lowest BCUT2D eigenvalue weighted by Crippen LogP contribution is -2.36. The maximum Gasteiger partial charge on any atom is 0.283 e. The number of ketones is 1. The molecule has 2 unspecified atom stereocenters. The number of hydrogen-bond acceptors (Lipinski definition) is 7. The van der Waals surface area contributed by atoms with Crippen LogP contribution >= 0.6 is 0 Å². The lowest BCUT2D eigenvalue weighted by Gasteiger charge is -2.29. The molecule has 0 saturated carbocycles. The molecule has 3 N–H and O–H groups in total. The fraction of sp³-hybridized carbons (Fsp3) is 0.566. The maximum atomic E-state index is 11.5. The number of rotatable bonds is 22. The number of unbranched alkanes of at least 4 members (excludes halogenated alkanes) is 2. The number of carbonyl (C=O) groups excluding carboxylic acids is 1. The number of aryl methyl sites for hydroxylation is 1. The van der Waals surface area contributed by atoms with Crippen LogP contribution in [0.15, 0.2) is 113 Å². The molecule has 9 heteroatoms. The van der Waals surface area contributed by atoms with E-state index in [4.69, 9.17) is 5.11 Å². The van der Waals surface area contributed by atoms with E-state index in [-0.39, 0.29) is 16.9 Å². The molecule has 3 rings (SSSR count). The number of benzene rings is 1. The summed E-state index contributed by atoms with van der Waals surface area (Å²) in [7, 11) is 1.00. The summed E-state index contributed by atoms with van der Waals surface area (Å²) in [6, 6.07) is 21.6. The minimum absolute atomic E-state index is 0.0191. The van der Waals surface area contributed by atoms with Gasteiger partial charge in [-0.2, -0.15) is 4.73 Å². The summed E-state index contributed by atoms with van der Waals surface area (Å²) >= 11 is 0. The van der Waals surface area contributed by atoms with Gasteiger partial charge in [0.15, 0.2) is 5.78 Å². The molecule has 2 atom stereocenters. The number of nitrogens with one attached hydrogen (secondary N) is 1. The Balaban J connectivity index is -0.000000753. The first-order valence-corrected chi connectivity index (χ1v) is 23.3. The number of H-pyrrole nitrogens is 1. The van der Waals surface area contributed by atoms with Crippen molar-refractivity contribution in [3.8, 4) is 0 Å². The zero-order valence-electron chi connectivity index (χ0n) is 41.3. The predicted octanol–water partition coefficient (Wildman–Crippen LogP) is 11.9. The molecule has 2 heterocycles. The van der Waals surface area contributed by atoms with Gasteiger partial charge in [-0.25, -0.2) is 0 Å². The van der Waals surface area contributed by atoms with Crippen LogP contribution in [0.5, 0.6) is 0 Å². The van der Waals surface area contributed by atoms with Crippen molar-refractivity contribution in [2.75, 3.05) is 33.3 Å². The first kappa shape index (κ1) is 62.0. The van der Waals surface area contributed by atoms with Crippen LogP contribution in [-0.2, 0) is 24.2 Å². The number of hydrogen-bond donors (Lipinski definition) is 3. The zero-order chi connectivity index (χ0) is 47.6. The second-order valence-corrected chi connectivity index (χ2v) is 15.2. The van der Waals surface area contributed by atoms with E-state index >= 15 is 0 Å². The quantitative estimate of drug-likeness (QED) is 0.0303. The summed E-state index contributed by atoms with van der Waals surface area (Å²) in [5.41, 5.74) is 4.04. The fourth-order valence-electron chi connectivity index (χ4n) is 5.89. The minimum atomic E-state index is -0.358. The number of carbonyl (C=O) groups is 1. The third kappa shape index (κ3) is 33.3. The number of nitrogens with zero attached hydrogens (tertiary/aromatic N) is 3. The van der Waals surface area contributed by atoms with E-state index < -0.39 is 0 Å². The highest BCUT2D eigenvalue weighted by Gasteiger charge is 2.14. The van der Waals surface area contributed by atoms with E-state index in [0.717, 1.165) is 49.9 Å². The van der Waals surface area contributed by atoms with Gasteiger partial charge in [0, 0.05) is 43.9 Å². The number of pyridine rings is 2. The average molecular weight is 863 g/mol. The second kappa shape index (κ2) is 43.3. The van der Waals surface area contributed by atoms with Gasteiger partial charge in [0.2, 0.25) is 5.56 Å². The molecule has 0 saturated heterocycles. The molecule has 3 aromatic rings. The SMILES string of the molecule is C=CC.CCC(=O)/C=C\C=C(/C)CC.CCCCCN(CCC(C)CC)Cc1cccc(=O)n1O.CCCN(CC)C(CC)Cc1ccccc1.CCc1cccc(=O)[nH]1.CO. The summed E-state index contributed by atoms with van der Waals surface area (Å²) in [6.45, 7) is 31.8. The smallest absolute Gasteiger partial charge is 0.283 e. The molecule has 9 nitrogen and oxygen atoms in total. The molecule has 2 aromatic heterocycles. The van der Waals surface area contributed by atoms with E-state index in [1.165, 1.54) is 81.3 Å². The van der Waals surface area contributed by atoms with Gasteiger partial charge >= 0.3 is 0 Å². The first-order valence-electron chi connectivity index (χ1n) is 23.3. The lowest BCUT2D eigenvalue weighted by molar-refractivity contribution is -0.114.